The third-order valence-electron chi connectivity index (χ3n) is 9.93. The van der Waals surface area contributed by atoms with Gasteiger partial charge in [-0.3, -0.25) is 9.80 Å². The molecule has 2 atom stereocenters. The normalized spacial score (nSPS) is 18.7. The molecule has 3 aliphatic rings. The van der Waals surface area contributed by atoms with Crippen molar-refractivity contribution in [3.05, 3.63) is 122 Å². The molecule has 0 aliphatic carbocycles. The highest BCUT2D eigenvalue weighted by atomic mass is 35.5. The minimum Gasteiger partial charge on any atom is -0.619 e. The van der Waals surface area contributed by atoms with E-state index in [1.807, 2.05) is 0 Å². The number of anilines is 1. The molecule has 0 radical (unpaired) electrons. The third-order valence-corrected chi connectivity index (χ3v) is 10.6. The molecule has 3 saturated heterocycles. The molecule has 3 fully saturated rings. The average molecular weight is 775 g/mol. The molecule has 15 heteroatoms. The number of piperidine rings is 3. The number of aromatic carboxylic acids is 1. The van der Waals surface area contributed by atoms with Gasteiger partial charge in [0.25, 0.3) is 0 Å². The minimum absolute atomic E-state index is 0.0269. The van der Waals surface area contributed by atoms with Gasteiger partial charge in [0.1, 0.15) is 16.1 Å². The number of nitrogens with zero attached hydrogens (tertiary/aromatic N) is 3. The second-order valence-electron chi connectivity index (χ2n) is 13.0. The van der Waals surface area contributed by atoms with Crippen LogP contribution in [0, 0.1) is 11.1 Å². The van der Waals surface area contributed by atoms with Gasteiger partial charge in [-0.1, -0.05) is 47.5 Å². The molecule has 0 spiro atoms. The third kappa shape index (κ3) is 8.27. The van der Waals surface area contributed by atoms with Crippen LogP contribution in [-0.4, -0.2) is 62.0 Å². The number of rotatable bonds is 11. The number of halogens is 5. The predicted molar refractivity (Wildman–Crippen MR) is 191 cm³/mol. The Balaban J connectivity index is 1.51. The zero-order chi connectivity index (χ0) is 38.0. The second-order valence-corrected chi connectivity index (χ2v) is 13.9. The van der Waals surface area contributed by atoms with E-state index in [-0.39, 0.29) is 45.7 Å². The van der Waals surface area contributed by atoms with Crippen molar-refractivity contribution in [3.63, 3.8) is 0 Å². The van der Waals surface area contributed by atoms with Gasteiger partial charge in [-0.2, -0.15) is 17.9 Å². The van der Waals surface area contributed by atoms with E-state index in [1.54, 1.807) is 24.3 Å². The summed E-state index contributed by atoms with van der Waals surface area (Å²) >= 11 is 13.1. The summed E-state index contributed by atoms with van der Waals surface area (Å²) in [6.07, 6.45) is -2.16. The molecular weight excluding hydrogens is 738 g/mol. The van der Waals surface area contributed by atoms with Crippen molar-refractivity contribution in [2.24, 2.45) is 5.92 Å². The molecule has 280 valence electrons. The first-order chi connectivity index (χ1) is 25.3. The Bertz CT molecular complexity index is 1980. The van der Waals surface area contributed by atoms with Crippen molar-refractivity contribution < 1.29 is 46.8 Å². The number of carbonyl (C=O) groups is 2. The fraction of sp³-hybridized carbons (Fsp3) is 0.342. The molecule has 7 rings (SSSR count). The van der Waals surface area contributed by atoms with Gasteiger partial charge in [-0.15, -0.1) is 0 Å². The molecular formula is C38H36Cl2F3N3O7. The molecule has 4 aromatic rings. The highest BCUT2D eigenvalue weighted by Crippen LogP contribution is 2.41. The van der Waals surface area contributed by atoms with Gasteiger partial charge < -0.3 is 24.5 Å². The fourth-order valence-corrected chi connectivity index (χ4v) is 7.85. The Labute approximate surface area is 313 Å². The molecule has 0 saturated carbocycles. The van der Waals surface area contributed by atoms with Gasteiger partial charge in [0, 0.05) is 23.7 Å². The van der Waals surface area contributed by atoms with E-state index in [0.29, 0.717) is 39.5 Å². The second kappa shape index (κ2) is 15.7. The van der Waals surface area contributed by atoms with Crippen LogP contribution in [0.1, 0.15) is 56.9 Å². The number of fused-ring (bicyclic) bond motifs is 3. The van der Waals surface area contributed by atoms with Crippen molar-refractivity contribution in [3.8, 4) is 11.5 Å². The summed E-state index contributed by atoms with van der Waals surface area (Å²) in [5.41, 5.74) is 0.198. The number of pyridine rings is 1. The average Bonchev–Trinajstić information content (AvgIpc) is 3.13. The zero-order valence-corrected chi connectivity index (χ0v) is 30.3. The molecule has 3 aliphatic heterocycles. The number of carbonyl (C=O) groups excluding carboxylic acids is 1. The number of carboxylic acid groups (broad SMARTS) is 1. The molecule has 1 amide bonds. The number of carboxylic acids is 1. The Hall–Kier alpha value is -4.72. The van der Waals surface area contributed by atoms with Crippen LogP contribution < -0.4 is 19.1 Å². The van der Waals surface area contributed by atoms with Gasteiger partial charge in [0.05, 0.1) is 31.9 Å². The quantitative estimate of drug-likeness (QED) is 0.121. The standard InChI is InChI=1S/C38H36Cl2F3N3O7/c1-51-32-10-9-23(15-33(32)52-2)28(17-29-30(39)19-45(50)20-31(29)40)35-24(5-3-8-27(35)36(47)48)18-46(26-7-4-6-25(16-26)38(41,42)43)37(49)53-34-21-44-13-11-22(34)12-14-44/h3-10,15-16,19-20,22,28,34H,11-14,17-18,21H2,1-2H3,(H,47,48)/t28-,34-/m0/s1. The highest BCUT2D eigenvalue weighted by molar-refractivity contribution is 6.35. The lowest BCUT2D eigenvalue weighted by molar-refractivity contribution is -0.605. The minimum atomic E-state index is -4.70. The lowest BCUT2D eigenvalue weighted by Crippen LogP contribution is -2.53. The summed E-state index contributed by atoms with van der Waals surface area (Å²) in [6, 6.07) is 13.9. The Morgan fingerprint density at radius 2 is 1.68 bits per heavy atom. The molecule has 4 heterocycles. The zero-order valence-electron chi connectivity index (χ0n) is 28.7. The number of hydrogen-bond acceptors (Lipinski definition) is 7. The molecule has 53 heavy (non-hydrogen) atoms. The van der Waals surface area contributed by atoms with E-state index in [0.717, 1.165) is 55.4 Å². The van der Waals surface area contributed by atoms with Crippen LogP contribution in [0.15, 0.2) is 73.1 Å². The fourth-order valence-electron chi connectivity index (χ4n) is 7.25. The Morgan fingerprint density at radius 3 is 2.28 bits per heavy atom. The first kappa shape index (κ1) is 38.0. The van der Waals surface area contributed by atoms with E-state index in [4.69, 9.17) is 37.4 Å². The van der Waals surface area contributed by atoms with Crippen molar-refractivity contribution in [2.75, 3.05) is 38.8 Å². The summed E-state index contributed by atoms with van der Waals surface area (Å²) < 4.78 is 59.4. The van der Waals surface area contributed by atoms with E-state index in [9.17, 15) is 33.1 Å². The molecule has 10 nitrogen and oxygen atoms in total. The lowest BCUT2D eigenvalue weighted by Gasteiger charge is -2.44. The maximum absolute atomic E-state index is 14.2. The van der Waals surface area contributed by atoms with Gasteiger partial charge in [-0.25, -0.2) is 9.59 Å². The first-order valence-electron chi connectivity index (χ1n) is 16.8. The highest BCUT2D eigenvalue weighted by Gasteiger charge is 2.39. The number of amides is 1. The van der Waals surface area contributed by atoms with Crippen LogP contribution >= 0.6 is 23.2 Å². The summed E-state index contributed by atoms with van der Waals surface area (Å²) in [5, 5.41) is 22.8. The van der Waals surface area contributed by atoms with Crippen LogP contribution in [0.25, 0.3) is 0 Å². The molecule has 3 aromatic carbocycles. The topological polar surface area (TPSA) is 115 Å². The summed E-state index contributed by atoms with van der Waals surface area (Å²) in [4.78, 5) is 30.4. The summed E-state index contributed by atoms with van der Waals surface area (Å²) in [6.45, 7) is 1.90. The van der Waals surface area contributed by atoms with Crippen molar-refractivity contribution in [1.82, 2.24) is 4.90 Å². The number of benzene rings is 3. The molecule has 1 N–H and O–H groups in total. The van der Waals surface area contributed by atoms with Crippen LogP contribution in [0.4, 0.5) is 23.7 Å². The van der Waals surface area contributed by atoms with Crippen molar-refractivity contribution in [1.29, 1.82) is 0 Å². The van der Waals surface area contributed by atoms with E-state index in [1.165, 1.54) is 38.5 Å². The molecule has 0 unspecified atom stereocenters. The number of aromatic nitrogens is 1. The largest absolute Gasteiger partial charge is 0.619 e. The van der Waals surface area contributed by atoms with Gasteiger partial charge in [0.15, 0.2) is 23.9 Å². The maximum Gasteiger partial charge on any atom is 0.416 e. The van der Waals surface area contributed by atoms with Crippen LogP contribution in [0.5, 0.6) is 11.5 Å². The predicted octanol–water partition coefficient (Wildman–Crippen LogP) is 7.97. The number of methoxy groups -OCH3 is 2. The lowest BCUT2D eigenvalue weighted by atomic mass is 9.80. The van der Waals surface area contributed by atoms with Gasteiger partial charge >= 0.3 is 18.2 Å². The Kier molecular flexibility index (Phi) is 11.3. The van der Waals surface area contributed by atoms with E-state index >= 15 is 0 Å². The van der Waals surface area contributed by atoms with Crippen LogP contribution in [0.3, 0.4) is 0 Å². The monoisotopic (exact) mass is 773 g/mol. The molecule has 2 bridgehead atoms. The number of ether oxygens (including phenoxy) is 3. The number of alkyl halides is 3. The van der Waals surface area contributed by atoms with Crippen molar-refractivity contribution in [2.45, 2.75) is 44.0 Å². The smallest absolute Gasteiger partial charge is 0.416 e. The van der Waals surface area contributed by atoms with Gasteiger partial charge in [-0.05, 0) is 91.4 Å². The van der Waals surface area contributed by atoms with Crippen LogP contribution in [0.2, 0.25) is 10.0 Å². The summed E-state index contributed by atoms with van der Waals surface area (Å²) in [7, 11) is 2.91. The Morgan fingerprint density at radius 1 is 1.00 bits per heavy atom. The van der Waals surface area contributed by atoms with Crippen molar-refractivity contribution >= 4 is 41.0 Å². The number of hydrogen-bond donors (Lipinski definition) is 1. The van der Waals surface area contributed by atoms with Gasteiger partial charge in [0.2, 0.25) is 0 Å². The summed E-state index contributed by atoms with van der Waals surface area (Å²) in [5.74, 6) is -1.32. The maximum atomic E-state index is 14.2. The van der Waals surface area contributed by atoms with E-state index in [2.05, 4.69) is 4.90 Å². The van der Waals surface area contributed by atoms with Crippen LogP contribution in [-0.2, 0) is 23.9 Å². The first-order valence-corrected chi connectivity index (χ1v) is 17.5. The molecule has 1 aromatic heterocycles. The SMILES string of the molecule is COc1ccc([C@H](Cc2c(Cl)c[n+]([O-])cc2Cl)c2c(CN(C(=O)O[C@H]3CN4CCC3CC4)c3cccc(C(F)(F)F)c3)cccc2C(=O)O)cc1OC. The van der Waals surface area contributed by atoms with E-state index < -0.39 is 35.8 Å².